The van der Waals surface area contributed by atoms with Gasteiger partial charge in [-0.1, -0.05) is 81.4 Å². The van der Waals surface area contributed by atoms with Crippen LogP contribution in [0.4, 0.5) is 0 Å². The molecule has 0 aromatic heterocycles. The van der Waals surface area contributed by atoms with Crippen molar-refractivity contribution in [2.24, 2.45) is 0 Å². The van der Waals surface area contributed by atoms with Crippen molar-refractivity contribution >= 4 is 24.8 Å². The van der Waals surface area contributed by atoms with Crippen LogP contribution in [-0.2, 0) is 14.0 Å². The first-order valence-electron chi connectivity index (χ1n) is 7.68. The highest BCUT2D eigenvalue weighted by Gasteiger charge is 2.49. The molecular formula is C19H24O3Si. The summed E-state index contributed by atoms with van der Waals surface area (Å²) in [6, 6.07) is 21.5. The summed E-state index contributed by atoms with van der Waals surface area (Å²) in [6.07, 6.45) is 0.250. The summed E-state index contributed by atoms with van der Waals surface area (Å²) < 4.78 is 6.51. The molecule has 0 heterocycles. The molecule has 0 bridgehead atoms. The minimum atomic E-state index is -2.25. The Bertz CT molecular complexity index is 573. The fraction of sp³-hybridized carbons (Fsp3) is 0.316. The first kappa shape index (κ1) is 19.0. The van der Waals surface area contributed by atoms with Crippen molar-refractivity contribution in [2.75, 3.05) is 6.61 Å². The third kappa shape index (κ3) is 4.26. The molecule has 0 aliphatic carbocycles. The van der Waals surface area contributed by atoms with Gasteiger partial charge in [0.05, 0.1) is 0 Å². The van der Waals surface area contributed by atoms with Crippen LogP contribution in [0, 0.1) is 0 Å². The summed E-state index contributed by atoms with van der Waals surface area (Å²) in [5.74, 6) is 0. The van der Waals surface area contributed by atoms with Crippen LogP contribution < -0.4 is 10.4 Å². The number of hydrogen-bond donors (Lipinski definition) is 0. The van der Waals surface area contributed by atoms with Crippen molar-refractivity contribution in [3.63, 3.8) is 0 Å². The van der Waals surface area contributed by atoms with E-state index in [0.717, 1.165) is 6.61 Å². The molecule has 0 unspecified atom stereocenters. The van der Waals surface area contributed by atoms with Gasteiger partial charge in [0.25, 0.3) is 8.32 Å². The second-order valence-electron chi connectivity index (χ2n) is 6.18. The molecule has 0 atom stereocenters. The third-order valence-electron chi connectivity index (χ3n) is 3.78. The number of hydrogen-bond acceptors (Lipinski definition) is 3. The fourth-order valence-corrected chi connectivity index (χ4v) is 7.57. The van der Waals surface area contributed by atoms with Crippen molar-refractivity contribution < 1.29 is 14.0 Å². The fourth-order valence-electron chi connectivity index (χ4n) is 2.98. The van der Waals surface area contributed by atoms with Gasteiger partial charge in [-0.15, -0.1) is 0 Å². The third-order valence-corrected chi connectivity index (χ3v) is 8.90. The van der Waals surface area contributed by atoms with Gasteiger partial charge >= 0.3 is 6.15 Å². The van der Waals surface area contributed by atoms with Crippen LogP contribution in [0.1, 0.15) is 27.7 Å². The molecule has 0 radical (unpaired) electrons. The van der Waals surface area contributed by atoms with Gasteiger partial charge in [-0.25, -0.2) is 0 Å². The van der Waals surface area contributed by atoms with Crippen LogP contribution in [0.15, 0.2) is 60.7 Å². The summed E-state index contributed by atoms with van der Waals surface area (Å²) in [6.45, 7) is 9.74. The highest BCUT2D eigenvalue weighted by atomic mass is 28.4. The zero-order valence-electron chi connectivity index (χ0n) is 14.2. The maximum absolute atomic E-state index is 8.12. The van der Waals surface area contributed by atoms with Crippen molar-refractivity contribution in [2.45, 2.75) is 32.7 Å². The standard InChI is InChI=1S/C18H24OSi.CO2/c1-5-19-20(18(2,3)4,16-12-8-6-9-13-16)17-14-10-7-11-15-17;2-1-3/h6-15H,5H2,1-4H3;. The first-order chi connectivity index (χ1) is 10.9. The molecule has 0 N–H and O–H groups in total. The van der Waals surface area contributed by atoms with Crippen molar-refractivity contribution in [3.05, 3.63) is 60.7 Å². The lowest BCUT2D eigenvalue weighted by Gasteiger charge is -2.42. The van der Waals surface area contributed by atoms with E-state index in [-0.39, 0.29) is 11.2 Å². The Labute approximate surface area is 139 Å². The highest BCUT2D eigenvalue weighted by molar-refractivity contribution is 6.99. The van der Waals surface area contributed by atoms with E-state index in [1.807, 2.05) is 0 Å². The maximum atomic E-state index is 8.12. The lowest BCUT2D eigenvalue weighted by atomic mass is 10.2. The van der Waals surface area contributed by atoms with Crippen molar-refractivity contribution in [1.29, 1.82) is 0 Å². The molecule has 122 valence electrons. The molecule has 0 aliphatic heterocycles. The molecule has 0 spiro atoms. The quantitative estimate of drug-likeness (QED) is 0.810. The summed E-state index contributed by atoms with van der Waals surface area (Å²) in [5, 5.41) is 2.78. The van der Waals surface area contributed by atoms with Gasteiger partial charge in [-0.2, -0.15) is 9.59 Å². The Morgan fingerprint density at radius 3 is 1.48 bits per heavy atom. The van der Waals surface area contributed by atoms with Crippen LogP contribution in [0.3, 0.4) is 0 Å². The van der Waals surface area contributed by atoms with Crippen molar-refractivity contribution in [1.82, 2.24) is 0 Å². The van der Waals surface area contributed by atoms with E-state index in [9.17, 15) is 0 Å². The largest absolute Gasteiger partial charge is 0.408 e. The molecule has 0 aliphatic rings. The zero-order valence-corrected chi connectivity index (χ0v) is 15.2. The van der Waals surface area contributed by atoms with Crippen LogP contribution in [0.2, 0.25) is 5.04 Å². The molecule has 2 rings (SSSR count). The van der Waals surface area contributed by atoms with Crippen LogP contribution in [0.25, 0.3) is 0 Å². The predicted octanol–water partition coefficient (Wildman–Crippen LogP) is 3.00. The lowest BCUT2D eigenvalue weighted by molar-refractivity contribution is -0.191. The van der Waals surface area contributed by atoms with Gasteiger partial charge in [-0.05, 0) is 22.3 Å². The SMILES string of the molecule is CCO[Si](c1ccccc1)(c1ccccc1)C(C)(C)C.O=C=O. The van der Waals surface area contributed by atoms with Gasteiger partial charge in [0, 0.05) is 6.61 Å². The van der Waals surface area contributed by atoms with Gasteiger partial charge in [0.2, 0.25) is 0 Å². The van der Waals surface area contributed by atoms with Crippen LogP contribution in [-0.4, -0.2) is 21.1 Å². The summed E-state index contributed by atoms with van der Waals surface area (Å²) in [4.78, 5) is 16.2. The summed E-state index contributed by atoms with van der Waals surface area (Å²) >= 11 is 0. The second kappa shape index (κ2) is 8.58. The van der Waals surface area contributed by atoms with E-state index in [1.54, 1.807) is 0 Å². The average Bonchev–Trinajstić information content (AvgIpc) is 2.54. The monoisotopic (exact) mass is 328 g/mol. The van der Waals surface area contributed by atoms with Gasteiger partial charge < -0.3 is 4.43 Å². The number of rotatable bonds is 4. The molecular weight excluding hydrogens is 304 g/mol. The summed E-state index contributed by atoms with van der Waals surface area (Å²) in [7, 11) is -2.25. The Morgan fingerprint density at radius 2 is 1.22 bits per heavy atom. The normalized spacial score (nSPS) is 11.1. The minimum Gasteiger partial charge on any atom is -0.408 e. The first-order valence-corrected chi connectivity index (χ1v) is 9.59. The summed E-state index contributed by atoms with van der Waals surface area (Å²) in [5.41, 5.74) is 0. The topological polar surface area (TPSA) is 43.4 Å². The van der Waals surface area contributed by atoms with E-state index >= 15 is 0 Å². The van der Waals surface area contributed by atoms with Gasteiger partial charge in [0.15, 0.2) is 0 Å². The molecule has 0 fully saturated rings. The lowest BCUT2D eigenvalue weighted by Crippen LogP contribution is -2.66. The smallest absolute Gasteiger partial charge is 0.373 e. The number of benzene rings is 2. The van der Waals surface area contributed by atoms with E-state index in [1.165, 1.54) is 10.4 Å². The van der Waals surface area contributed by atoms with Gasteiger partial charge in [-0.3, -0.25) is 0 Å². The maximum Gasteiger partial charge on any atom is 0.373 e. The molecule has 23 heavy (non-hydrogen) atoms. The van der Waals surface area contributed by atoms with Gasteiger partial charge in [0.1, 0.15) is 0 Å². The van der Waals surface area contributed by atoms with Crippen molar-refractivity contribution in [3.8, 4) is 0 Å². The highest BCUT2D eigenvalue weighted by Crippen LogP contribution is 2.36. The zero-order chi connectivity index (χ0) is 17.3. The van der Waals surface area contributed by atoms with Crippen LogP contribution in [0.5, 0.6) is 0 Å². The van der Waals surface area contributed by atoms with E-state index in [4.69, 9.17) is 14.0 Å². The molecule has 0 amide bonds. The second-order valence-corrected chi connectivity index (χ2v) is 10.5. The predicted molar refractivity (Wildman–Crippen MR) is 94.3 cm³/mol. The molecule has 2 aromatic rings. The number of carbonyl (C=O) groups excluding carboxylic acids is 2. The minimum absolute atomic E-state index is 0.0890. The molecule has 3 nitrogen and oxygen atoms in total. The molecule has 2 aromatic carbocycles. The van der Waals surface area contributed by atoms with E-state index in [0.29, 0.717) is 0 Å². The Hall–Kier alpha value is -2.00. The van der Waals surface area contributed by atoms with E-state index < -0.39 is 8.32 Å². The molecule has 4 heteroatoms. The molecule has 0 saturated carbocycles. The molecule has 0 saturated heterocycles. The van der Waals surface area contributed by atoms with Crippen LogP contribution >= 0.6 is 0 Å². The Morgan fingerprint density at radius 1 is 0.870 bits per heavy atom. The Balaban J connectivity index is 0.000000816. The average molecular weight is 328 g/mol. The van der Waals surface area contributed by atoms with E-state index in [2.05, 4.69) is 88.4 Å². The Kier molecular flexibility index (Phi) is 7.11.